The summed E-state index contributed by atoms with van der Waals surface area (Å²) in [5, 5.41) is 21.1. The number of carbonyl (C=O) groups is 1. The van der Waals surface area contributed by atoms with Crippen molar-refractivity contribution < 1.29 is 23.9 Å². The van der Waals surface area contributed by atoms with Gasteiger partial charge in [-0.2, -0.15) is 12.6 Å². The van der Waals surface area contributed by atoms with E-state index in [2.05, 4.69) is 32.8 Å². The van der Waals surface area contributed by atoms with Gasteiger partial charge in [-0.1, -0.05) is 52.6 Å². The van der Waals surface area contributed by atoms with Crippen LogP contribution in [-0.2, 0) is 16.2 Å². The third kappa shape index (κ3) is 5.05. The van der Waals surface area contributed by atoms with Gasteiger partial charge in [0.2, 0.25) is 5.89 Å². The number of rotatable bonds is 8. The summed E-state index contributed by atoms with van der Waals surface area (Å²) in [6.07, 6.45) is 0. The highest BCUT2D eigenvalue weighted by atomic mass is 35.5. The van der Waals surface area contributed by atoms with Crippen LogP contribution in [-0.4, -0.2) is 34.1 Å². The maximum Gasteiger partial charge on any atom is 0.358 e. The fourth-order valence-corrected chi connectivity index (χ4v) is 3.34. The first-order chi connectivity index (χ1) is 14.4. The van der Waals surface area contributed by atoms with E-state index in [0.717, 1.165) is 0 Å². The van der Waals surface area contributed by atoms with Crippen LogP contribution in [0.15, 0.2) is 52.0 Å². The Morgan fingerprint density at radius 2 is 2.03 bits per heavy atom. The Balaban J connectivity index is 1.81. The molecule has 0 spiro atoms. The van der Waals surface area contributed by atoms with Gasteiger partial charge in [0.05, 0.1) is 5.02 Å². The van der Waals surface area contributed by atoms with Crippen molar-refractivity contribution >= 4 is 47.5 Å². The van der Waals surface area contributed by atoms with E-state index in [1.807, 2.05) is 0 Å². The number of aromatic nitrogens is 2. The molecule has 1 N–H and O–H groups in total. The number of carboxylic acid groups (broad SMARTS) is 1. The molecule has 1 atom stereocenters. The van der Waals surface area contributed by atoms with Crippen LogP contribution >= 0.6 is 35.8 Å². The molecule has 11 heteroatoms. The third-order valence-electron chi connectivity index (χ3n) is 3.86. The molecular formula is C19H15Cl2N3O5S. The predicted octanol–water partition coefficient (Wildman–Crippen LogP) is 4.41. The molecule has 3 rings (SSSR count). The third-order valence-corrected chi connectivity index (χ3v) is 4.89. The number of hydrogen-bond donors (Lipinski definition) is 2. The van der Waals surface area contributed by atoms with E-state index in [1.165, 1.54) is 7.11 Å². The number of benzene rings is 2. The zero-order valence-electron chi connectivity index (χ0n) is 15.5. The summed E-state index contributed by atoms with van der Waals surface area (Å²) < 4.78 is 11.2. The second kappa shape index (κ2) is 9.84. The molecule has 30 heavy (non-hydrogen) atoms. The molecule has 1 heterocycles. The fraction of sp³-hybridized carbons (Fsp3) is 0.158. The first-order valence-electron chi connectivity index (χ1n) is 8.42. The van der Waals surface area contributed by atoms with Crippen LogP contribution in [0.4, 0.5) is 0 Å². The molecule has 0 amide bonds. The van der Waals surface area contributed by atoms with Gasteiger partial charge >= 0.3 is 5.97 Å². The first-order valence-corrected chi connectivity index (χ1v) is 9.70. The SMILES string of the molecule is CON=C(C(=O)O)c1ccccc1C(S)c1nnc(COc2ccc(Cl)cc2Cl)o1. The number of halogens is 2. The molecule has 0 bridgehead atoms. The molecule has 0 aliphatic heterocycles. The van der Waals surface area contributed by atoms with Crippen LogP contribution in [0.1, 0.15) is 28.2 Å². The fourth-order valence-electron chi connectivity index (χ4n) is 2.55. The number of hydrogen-bond acceptors (Lipinski definition) is 8. The normalized spacial score (nSPS) is 12.5. The Labute approximate surface area is 186 Å². The highest BCUT2D eigenvalue weighted by Gasteiger charge is 2.25. The highest BCUT2D eigenvalue weighted by molar-refractivity contribution is 7.80. The van der Waals surface area contributed by atoms with Crippen molar-refractivity contribution in [3.05, 3.63) is 75.4 Å². The maximum absolute atomic E-state index is 11.6. The van der Waals surface area contributed by atoms with Gasteiger partial charge in [-0.25, -0.2) is 4.79 Å². The van der Waals surface area contributed by atoms with E-state index in [1.54, 1.807) is 42.5 Å². The second-order valence-electron chi connectivity index (χ2n) is 5.81. The van der Waals surface area contributed by atoms with Crippen molar-refractivity contribution in [2.45, 2.75) is 11.9 Å². The molecule has 0 saturated heterocycles. The van der Waals surface area contributed by atoms with E-state index in [9.17, 15) is 9.90 Å². The number of aliphatic carboxylic acids is 1. The lowest BCUT2D eigenvalue weighted by atomic mass is 10.00. The number of ether oxygens (including phenoxy) is 1. The van der Waals surface area contributed by atoms with Gasteiger partial charge in [-0.15, -0.1) is 10.2 Å². The standard InChI is InChI=1S/C19H15Cl2N3O5S/c1-27-24-16(19(25)26)11-4-2-3-5-12(11)17(30)18-23-22-15(29-18)9-28-14-7-6-10(20)8-13(14)21/h2-8,17,30H,9H2,1H3,(H,25,26). The van der Waals surface area contributed by atoms with Gasteiger partial charge in [-0.3, -0.25) is 0 Å². The number of carboxylic acids is 1. The number of nitrogens with zero attached hydrogens (tertiary/aromatic N) is 3. The molecule has 0 aliphatic carbocycles. The molecule has 3 aromatic rings. The molecule has 1 aromatic heterocycles. The van der Waals surface area contributed by atoms with Crippen LogP contribution in [0.25, 0.3) is 0 Å². The monoisotopic (exact) mass is 467 g/mol. The summed E-state index contributed by atoms with van der Waals surface area (Å²) in [6, 6.07) is 11.5. The lowest BCUT2D eigenvalue weighted by molar-refractivity contribution is -0.129. The average molecular weight is 468 g/mol. The van der Waals surface area contributed by atoms with Gasteiger partial charge in [0, 0.05) is 10.6 Å². The minimum atomic E-state index is -1.25. The summed E-state index contributed by atoms with van der Waals surface area (Å²) in [6.45, 7) is -0.0258. The van der Waals surface area contributed by atoms with Gasteiger partial charge in [0.25, 0.3) is 5.89 Å². The number of thiol groups is 1. The lowest BCUT2D eigenvalue weighted by Gasteiger charge is -2.12. The highest BCUT2D eigenvalue weighted by Crippen LogP contribution is 2.31. The Bertz CT molecular complexity index is 1090. The summed E-state index contributed by atoms with van der Waals surface area (Å²) in [5.41, 5.74) is 0.555. The Kier molecular flexibility index (Phi) is 7.20. The minimum absolute atomic E-state index is 0.0258. The van der Waals surface area contributed by atoms with Crippen LogP contribution in [0, 0.1) is 0 Å². The molecule has 0 aliphatic rings. The maximum atomic E-state index is 11.6. The van der Waals surface area contributed by atoms with E-state index < -0.39 is 11.2 Å². The zero-order valence-corrected chi connectivity index (χ0v) is 17.9. The average Bonchev–Trinajstić information content (AvgIpc) is 3.20. The molecule has 1 unspecified atom stereocenters. The van der Waals surface area contributed by atoms with Gasteiger partial charge in [-0.05, 0) is 23.8 Å². The Hall–Kier alpha value is -2.75. The smallest absolute Gasteiger partial charge is 0.358 e. The molecule has 0 fully saturated rings. The molecule has 0 radical (unpaired) electrons. The van der Waals surface area contributed by atoms with Crippen LogP contribution < -0.4 is 4.74 Å². The van der Waals surface area contributed by atoms with Crippen molar-refractivity contribution in [1.29, 1.82) is 0 Å². The van der Waals surface area contributed by atoms with E-state index in [0.29, 0.717) is 26.9 Å². The van der Waals surface area contributed by atoms with Gasteiger partial charge in [0.1, 0.15) is 18.1 Å². The zero-order chi connectivity index (χ0) is 21.7. The van der Waals surface area contributed by atoms with Crippen molar-refractivity contribution in [3.63, 3.8) is 0 Å². The lowest BCUT2D eigenvalue weighted by Crippen LogP contribution is -2.17. The molecular weight excluding hydrogens is 453 g/mol. The van der Waals surface area contributed by atoms with E-state index >= 15 is 0 Å². The van der Waals surface area contributed by atoms with Gasteiger partial charge < -0.3 is 19.1 Å². The van der Waals surface area contributed by atoms with Crippen molar-refractivity contribution in [1.82, 2.24) is 10.2 Å². The second-order valence-corrected chi connectivity index (χ2v) is 7.17. The topological polar surface area (TPSA) is 107 Å². The van der Waals surface area contributed by atoms with Crippen molar-refractivity contribution in [2.24, 2.45) is 5.16 Å². The van der Waals surface area contributed by atoms with E-state index in [-0.39, 0.29) is 24.1 Å². The first kappa shape index (κ1) is 21.9. The van der Waals surface area contributed by atoms with Crippen LogP contribution in [0.2, 0.25) is 10.0 Å². The predicted molar refractivity (Wildman–Crippen MR) is 114 cm³/mol. The molecule has 156 valence electrons. The summed E-state index contributed by atoms with van der Waals surface area (Å²) in [7, 11) is 1.26. The summed E-state index contributed by atoms with van der Waals surface area (Å²) in [4.78, 5) is 16.2. The summed E-state index contributed by atoms with van der Waals surface area (Å²) in [5.74, 6) is -0.481. The number of oxime groups is 1. The van der Waals surface area contributed by atoms with Crippen LogP contribution in [0.5, 0.6) is 5.75 Å². The minimum Gasteiger partial charge on any atom is -0.482 e. The largest absolute Gasteiger partial charge is 0.482 e. The Morgan fingerprint density at radius 3 is 2.73 bits per heavy atom. The molecule has 2 aromatic carbocycles. The van der Waals surface area contributed by atoms with Crippen molar-refractivity contribution in [2.75, 3.05) is 7.11 Å². The Morgan fingerprint density at radius 1 is 1.27 bits per heavy atom. The summed E-state index contributed by atoms with van der Waals surface area (Å²) >= 11 is 16.5. The van der Waals surface area contributed by atoms with E-state index in [4.69, 9.17) is 32.4 Å². The molecule has 0 saturated carbocycles. The van der Waals surface area contributed by atoms with Gasteiger partial charge in [0.15, 0.2) is 12.3 Å². The van der Waals surface area contributed by atoms with Crippen molar-refractivity contribution in [3.8, 4) is 5.75 Å². The van der Waals surface area contributed by atoms with Crippen LogP contribution in [0.3, 0.4) is 0 Å². The quantitative estimate of drug-likeness (QED) is 0.287. The molecule has 8 nitrogen and oxygen atoms in total.